The molecule has 1 aromatic heterocycles. The Morgan fingerprint density at radius 1 is 1.46 bits per heavy atom. The average Bonchev–Trinajstić information content (AvgIpc) is 3.29. The van der Waals surface area contributed by atoms with Crippen LogP contribution in [0, 0.1) is 25.6 Å². The van der Waals surface area contributed by atoms with Gasteiger partial charge in [-0.3, -0.25) is 4.79 Å². The highest BCUT2D eigenvalue weighted by Crippen LogP contribution is 2.30. The van der Waals surface area contributed by atoms with Crippen molar-refractivity contribution in [1.29, 1.82) is 0 Å². The van der Waals surface area contributed by atoms with Crippen molar-refractivity contribution in [3.05, 3.63) is 46.9 Å². The Morgan fingerprint density at radius 3 is 2.79 bits per heavy atom. The van der Waals surface area contributed by atoms with Crippen LogP contribution in [-0.4, -0.2) is 17.5 Å². The molecular weight excluding hydrogens is 311 g/mol. The normalized spacial score (nSPS) is 15.2. The Labute approximate surface area is 140 Å². The van der Waals surface area contributed by atoms with E-state index in [9.17, 15) is 9.18 Å². The van der Waals surface area contributed by atoms with E-state index in [4.69, 9.17) is 9.15 Å². The predicted octanol–water partition coefficient (Wildman–Crippen LogP) is 3.71. The number of benzene rings is 1. The molecule has 1 N–H and O–H groups in total. The van der Waals surface area contributed by atoms with E-state index in [-0.39, 0.29) is 23.5 Å². The molecule has 0 saturated heterocycles. The molecule has 1 fully saturated rings. The molecule has 0 bridgehead atoms. The maximum absolute atomic E-state index is 14.1. The summed E-state index contributed by atoms with van der Waals surface area (Å²) < 4.78 is 24.9. The van der Waals surface area contributed by atoms with Crippen LogP contribution in [0.3, 0.4) is 0 Å². The highest BCUT2D eigenvalue weighted by atomic mass is 19.1. The second-order valence-corrected chi connectivity index (χ2v) is 6.29. The summed E-state index contributed by atoms with van der Waals surface area (Å²) in [5.41, 5.74) is 1.20. The van der Waals surface area contributed by atoms with Crippen molar-refractivity contribution in [3.8, 4) is 5.75 Å². The molecule has 3 rings (SSSR count). The molecule has 0 radical (unpaired) electrons. The van der Waals surface area contributed by atoms with Crippen LogP contribution in [0.25, 0.3) is 0 Å². The van der Waals surface area contributed by atoms with E-state index in [0.717, 1.165) is 12.8 Å². The van der Waals surface area contributed by atoms with Crippen LogP contribution in [0.5, 0.6) is 5.75 Å². The summed E-state index contributed by atoms with van der Waals surface area (Å²) in [5.74, 6) is 0.662. The van der Waals surface area contributed by atoms with Crippen LogP contribution in [0.4, 0.5) is 4.39 Å². The molecule has 24 heavy (non-hydrogen) atoms. The molecule has 1 aromatic carbocycles. The summed E-state index contributed by atoms with van der Waals surface area (Å²) in [4.78, 5) is 16.3. The van der Waals surface area contributed by atoms with Gasteiger partial charge in [0.25, 0.3) is 5.91 Å². The van der Waals surface area contributed by atoms with Crippen molar-refractivity contribution < 1.29 is 18.3 Å². The Kier molecular flexibility index (Phi) is 4.55. The van der Waals surface area contributed by atoms with Gasteiger partial charge in [-0.2, -0.15) is 0 Å². The minimum Gasteiger partial charge on any atom is -0.490 e. The lowest BCUT2D eigenvalue weighted by atomic mass is 10.1. The number of ether oxygens (including phenoxy) is 1. The zero-order chi connectivity index (χ0) is 17.3. The van der Waals surface area contributed by atoms with Crippen molar-refractivity contribution in [2.75, 3.05) is 6.61 Å². The van der Waals surface area contributed by atoms with E-state index in [0.29, 0.717) is 29.7 Å². The Bertz CT molecular complexity index is 753. The molecule has 5 nitrogen and oxygen atoms in total. The van der Waals surface area contributed by atoms with Gasteiger partial charge in [0.05, 0.1) is 18.3 Å². The lowest BCUT2D eigenvalue weighted by molar-refractivity contribution is 0.0909. The van der Waals surface area contributed by atoms with Gasteiger partial charge in [-0.05, 0) is 50.3 Å². The van der Waals surface area contributed by atoms with Gasteiger partial charge in [0.15, 0.2) is 17.5 Å². The molecule has 1 atom stereocenters. The highest BCUT2D eigenvalue weighted by Gasteiger charge is 2.23. The third kappa shape index (κ3) is 3.75. The maximum atomic E-state index is 14.1. The standard InChI is InChI=1S/C18H21FN2O3/c1-10(21-18(22)17-11(2)20-12(3)24-17)14-6-7-16(15(19)8-14)23-9-13-4-5-13/h6-8,10,13H,4-5,9H2,1-3H3,(H,21,22)/t10-/m1/s1. The number of aryl methyl sites for hydroxylation is 2. The summed E-state index contributed by atoms with van der Waals surface area (Å²) in [6.07, 6.45) is 2.31. The van der Waals surface area contributed by atoms with Crippen molar-refractivity contribution >= 4 is 5.91 Å². The number of aromatic nitrogens is 1. The van der Waals surface area contributed by atoms with Crippen LogP contribution < -0.4 is 10.1 Å². The van der Waals surface area contributed by atoms with Gasteiger partial charge in [-0.1, -0.05) is 6.07 Å². The molecule has 1 saturated carbocycles. The van der Waals surface area contributed by atoms with Gasteiger partial charge in [-0.25, -0.2) is 9.37 Å². The lowest BCUT2D eigenvalue weighted by Crippen LogP contribution is -2.27. The first kappa shape index (κ1) is 16.5. The van der Waals surface area contributed by atoms with Crippen molar-refractivity contribution in [1.82, 2.24) is 10.3 Å². The maximum Gasteiger partial charge on any atom is 0.289 e. The zero-order valence-electron chi connectivity index (χ0n) is 14.1. The van der Waals surface area contributed by atoms with Gasteiger partial charge in [-0.15, -0.1) is 0 Å². The first-order chi connectivity index (χ1) is 11.4. The molecule has 1 amide bonds. The minimum absolute atomic E-state index is 0.184. The largest absolute Gasteiger partial charge is 0.490 e. The molecule has 1 aliphatic carbocycles. The number of nitrogens with zero attached hydrogens (tertiary/aromatic N) is 1. The van der Waals surface area contributed by atoms with Crippen LogP contribution in [-0.2, 0) is 0 Å². The number of amides is 1. The summed E-state index contributed by atoms with van der Waals surface area (Å²) in [5, 5.41) is 2.79. The van der Waals surface area contributed by atoms with Crippen molar-refractivity contribution in [2.45, 2.75) is 39.7 Å². The number of halogens is 1. The lowest BCUT2D eigenvalue weighted by Gasteiger charge is -2.15. The average molecular weight is 332 g/mol. The molecule has 0 aliphatic heterocycles. The highest BCUT2D eigenvalue weighted by molar-refractivity contribution is 5.92. The molecule has 2 aromatic rings. The smallest absolute Gasteiger partial charge is 0.289 e. The predicted molar refractivity (Wildman–Crippen MR) is 86.5 cm³/mol. The van der Waals surface area contributed by atoms with Crippen molar-refractivity contribution in [3.63, 3.8) is 0 Å². The summed E-state index contributed by atoms with van der Waals surface area (Å²) in [6.45, 7) is 5.74. The SMILES string of the molecule is Cc1nc(C)c(C(=O)N[C@H](C)c2ccc(OCC3CC3)c(F)c2)o1. The van der Waals surface area contributed by atoms with Crippen LogP contribution in [0.1, 0.15) is 53.5 Å². The van der Waals surface area contributed by atoms with Crippen LogP contribution in [0.15, 0.2) is 22.6 Å². The van der Waals surface area contributed by atoms with E-state index in [1.54, 1.807) is 32.9 Å². The summed E-state index contributed by atoms with van der Waals surface area (Å²) in [6, 6.07) is 4.40. The number of nitrogens with one attached hydrogen (secondary N) is 1. The number of carbonyl (C=O) groups is 1. The third-order valence-corrected chi connectivity index (χ3v) is 4.08. The van der Waals surface area contributed by atoms with Crippen molar-refractivity contribution in [2.24, 2.45) is 5.92 Å². The second-order valence-electron chi connectivity index (χ2n) is 6.29. The fraction of sp³-hybridized carbons (Fsp3) is 0.444. The van der Waals surface area contributed by atoms with Crippen LogP contribution >= 0.6 is 0 Å². The van der Waals surface area contributed by atoms with Gasteiger partial charge in [0.1, 0.15) is 0 Å². The van der Waals surface area contributed by atoms with E-state index in [1.807, 2.05) is 0 Å². The second kappa shape index (κ2) is 6.63. The number of hydrogen-bond acceptors (Lipinski definition) is 4. The first-order valence-electron chi connectivity index (χ1n) is 8.11. The Morgan fingerprint density at radius 2 is 2.21 bits per heavy atom. The zero-order valence-corrected chi connectivity index (χ0v) is 14.1. The van der Waals surface area contributed by atoms with Crippen LogP contribution in [0.2, 0.25) is 0 Å². The fourth-order valence-corrected chi connectivity index (χ4v) is 2.48. The molecule has 6 heteroatoms. The minimum atomic E-state index is -0.416. The van der Waals surface area contributed by atoms with E-state index in [2.05, 4.69) is 10.3 Å². The van der Waals surface area contributed by atoms with E-state index >= 15 is 0 Å². The fourth-order valence-electron chi connectivity index (χ4n) is 2.48. The number of rotatable bonds is 6. The van der Waals surface area contributed by atoms with E-state index in [1.165, 1.54) is 6.07 Å². The summed E-state index contributed by atoms with van der Waals surface area (Å²) >= 11 is 0. The van der Waals surface area contributed by atoms with Gasteiger partial charge in [0, 0.05) is 6.92 Å². The number of hydrogen-bond donors (Lipinski definition) is 1. The number of carbonyl (C=O) groups excluding carboxylic acids is 1. The Hall–Kier alpha value is -2.37. The molecule has 0 unspecified atom stereocenters. The van der Waals surface area contributed by atoms with Gasteiger partial charge >= 0.3 is 0 Å². The quantitative estimate of drug-likeness (QED) is 0.876. The van der Waals surface area contributed by atoms with Gasteiger partial charge < -0.3 is 14.5 Å². The molecule has 1 heterocycles. The topological polar surface area (TPSA) is 64.4 Å². The first-order valence-corrected chi connectivity index (χ1v) is 8.11. The van der Waals surface area contributed by atoms with E-state index < -0.39 is 5.82 Å². The molecule has 0 spiro atoms. The van der Waals surface area contributed by atoms with Gasteiger partial charge in [0.2, 0.25) is 5.76 Å². The Balaban J connectivity index is 1.65. The number of oxazole rings is 1. The summed E-state index contributed by atoms with van der Waals surface area (Å²) in [7, 11) is 0. The molecular formula is C18H21FN2O3. The molecule has 1 aliphatic rings. The third-order valence-electron chi connectivity index (χ3n) is 4.08. The molecule has 128 valence electrons. The monoisotopic (exact) mass is 332 g/mol.